The van der Waals surface area contributed by atoms with E-state index in [4.69, 9.17) is 13.9 Å². The van der Waals surface area contributed by atoms with Gasteiger partial charge >= 0.3 is 5.97 Å². The summed E-state index contributed by atoms with van der Waals surface area (Å²) in [7, 11) is 0. The molecule has 172 valence electrons. The highest BCUT2D eigenvalue weighted by molar-refractivity contribution is 5.94. The van der Waals surface area contributed by atoms with Crippen molar-refractivity contribution >= 4 is 17.5 Å². The van der Waals surface area contributed by atoms with Gasteiger partial charge in [0.1, 0.15) is 23.3 Å². The van der Waals surface area contributed by atoms with Crippen LogP contribution in [0.4, 0.5) is 0 Å². The van der Waals surface area contributed by atoms with E-state index in [-0.39, 0.29) is 34.8 Å². The number of rotatable bonds is 1. The molecule has 3 heterocycles. The molecule has 2 aliphatic heterocycles. The van der Waals surface area contributed by atoms with Crippen LogP contribution in [-0.2, 0) is 23.9 Å². The average molecular weight is 441 g/mol. The number of ketones is 2. The predicted octanol–water partition coefficient (Wildman–Crippen LogP) is 4.42. The third-order valence-electron chi connectivity index (χ3n) is 10.8. The van der Waals surface area contributed by atoms with Crippen molar-refractivity contribution in [2.45, 2.75) is 84.5 Å². The van der Waals surface area contributed by atoms with Crippen molar-refractivity contribution in [1.29, 1.82) is 0 Å². The summed E-state index contributed by atoms with van der Waals surface area (Å²) in [5.74, 6) is 0.0937. The van der Waals surface area contributed by atoms with Gasteiger partial charge < -0.3 is 13.9 Å². The summed E-state index contributed by atoms with van der Waals surface area (Å²) in [6.07, 6.45) is 5.35. The first kappa shape index (κ1) is 20.6. The van der Waals surface area contributed by atoms with Crippen LogP contribution in [0.15, 0.2) is 23.0 Å². The van der Waals surface area contributed by atoms with Gasteiger partial charge in [0.05, 0.1) is 17.9 Å². The summed E-state index contributed by atoms with van der Waals surface area (Å²) in [5.41, 5.74) is -2.06. The lowest BCUT2D eigenvalue weighted by molar-refractivity contribution is -0.220. The van der Waals surface area contributed by atoms with Gasteiger partial charge in [-0.3, -0.25) is 9.59 Å². The molecule has 8 atom stereocenters. The van der Waals surface area contributed by atoms with Gasteiger partial charge in [0.15, 0.2) is 6.10 Å². The topological polar surface area (TPSA) is 86.1 Å². The molecule has 0 unspecified atom stereocenters. The summed E-state index contributed by atoms with van der Waals surface area (Å²) in [4.78, 5) is 40.0. The number of fused-ring (bicyclic) bond motifs is 3. The molecular formula is C26H32O6. The van der Waals surface area contributed by atoms with Crippen LogP contribution in [0.3, 0.4) is 0 Å². The van der Waals surface area contributed by atoms with E-state index in [0.29, 0.717) is 12.8 Å². The fourth-order valence-electron chi connectivity index (χ4n) is 9.05. The lowest BCUT2D eigenvalue weighted by Gasteiger charge is -2.67. The minimum Gasteiger partial charge on any atom is -0.472 e. The number of Topliss-reactive ketones (excluding diaryl/α,β-unsaturated/α-hetero) is 2. The van der Waals surface area contributed by atoms with E-state index >= 15 is 0 Å². The smallest absolute Gasteiger partial charge is 0.339 e. The number of furan rings is 1. The van der Waals surface area contributed by atoms with E-state index in [1.165, 1.54) is 0 Å². The van der Waals surface area contributed by atoms with Gasteiger partial charge in [0.25, 0.3) is 0 Å². The first-order chi connectivity index (χ1) is 14.9. The highest BCUT2D eigenvalue weighted by atomic mass is 16.7. The summed E-state index contributed by atoms with van der Waals surface area (Å²) in [6.45, 7) is 10.5. The number of epoxide rings is 1. The second kappa shape index (κ2) is 5.75. The molecule has 6 rings (SSSR count). The molecule has 5 aliphatic rings. The molecule has 0 radical (unpaired) electrons. The highest BCUT2D eigenvalue weighted by Crippen LogP contribution is 2.79. The van der Waals surface area contributed by atoms with Crippen LogP contribution in [0.1, 0.15) is 78.4 Å². The van der Waals surface area contributed by atoms with Crippen molar-refractivity contribution in [1.82, 2.24) is 0 Å². The molecule has 3 saturated carbocycles. The molecule has 32 heavy (non-hydrogen) atoms. The van der Waals surface area contributed by atoms with E-state index in [2.05, 4.69) is 13.8 Å². The van der Waals surface area contributed by atoms with E-state index in [0.717, 1.165) is 24.8 Å². The van der Waals surface area contributed by atoms with Gasteiger partial charge in [-0.1, -0.05) is 27.7 Å². The molecule has 0 bridgehead atoms. The summed E-state index contributed by atoms with van der Waals surface area (Å²) in [6, 6.07) is 1.84. The van der Waals surface area contributed by atoms with Crippen LogP contribution in [0, 0.1) is 33.5 Å². The highest BCUT2D eigenvalue weighted by Gasteiger charge is 2.88. The van der Waals surface area contributed by atoms with Gasteiger partial charge in [0.2, 0.25) is 0 Å². The van der Waals surface area contributed by atoms with Crippen molar-refractivity contribution in [2.24, 2.45) is 33.5 Å². The standard InChI is InChI=1S/C26H32O6/c1-22(2)16-12-18(28)25(5)15(23(16,3)9-7-17(22)27)6-10-24(4)19(14-8-11-30-13-14)31-21(29)20-26(24,25)32-20/h8,11,13,15-16,19-20H,6-7,9-10,12H2,1-5H3/t15-,16-,19-,20+,23+,24-,25-,26+/m0/s1. The molecule has 6 nitrogen and oxygen atoms in total. The predicted molar refractivity (Wildman–Crippen MR) is 113 cm³/mol. The number of esters is 1. The van der Waals surface area contributed by atoms with Crippen LogP contribution < -0.4 is 0 Å². The molecule has 0 amide bonds. The molecule has 1 aromatic heterocycles. The Bertz CT molecular complexity index is 1040. The van der Waals surface area contributed by atoms with Gasteiger partial charge in [-0.05, 0) is 49.5 Å². The summed E-state index contributed by atoms with van der Waals surface area (Å²) >= 11 is 0. The van der Waals surface area contributed by atoms with E-state index in [9.17, 15) is 14.4 Å². The van der Waals surface area contributed by atoms with E-state index < -0.39 is 34.1 Å². The van der Waals surface area contributed by atoms with Crippen molar-refractivity contribution in [3.05, 3.63) is 24.2 Å². The first-order valence-corrected chi connectivity index (χ1v) is 11.9. The third-order valence-corrected chi connectivity index (χ3v) is 10.8. The maximum absolute atomic E-state index is 14.1. The Kier molecular flexibility index (Phi) is 3.71. The van der Waals surface area contributed by atoms with Crippen LogP contribution >= 0.6 is 0 Å². The van der Waals surface area contributed by atoms with Crippen molar-refractivity contribution in [3.8, 4) is 0 Å². The number of hydrogen-bond donors (Lipinski definition) is 0. The van der Waals surface area contributed by atoms with Crippen molar-refractivity contribution < 1.29 is 28.3 Å². The van der Waals surface area contributed by atoms with E-state index in [1.54, 1.807) is 12.5 Å². The average Bonchev–Trinajstić information content (AvgIpc) is 3.30. The quantitative estimate of drug-likeness (QED) is 0.475. The maximum atomic E-state index is 14.1. The lowest BCUT2D eigenvalue weighted by Crippen LogP contribution is -2.71. The SMILES string of the molecule is CC1(C)C(=O)CC[C@@]2(C)[C@H]1CC(=O)[C@]1(C)[C@H]2CC[C@@]2(C)[C@H](c3ccoc3)OC(=O)[C@H]3O[C@]321. The Morgan fingerprint density at radius 3 is 2.38 bits per heavy atom. The molecule has 2 saturated heterocycles. The molecule has 3 aliphatic carbocycles. The van der Waals surface area contributed by atoms with Crippen LogP contribution in [-0.4, -0.2) is 29.2 Å². The fourth-order valence-corrected chi connectivity index (χ4v) is 9.05. The third kappa shape index (κ3) is 1.97. The Balaban J connectivity index is 1.51. The maximum Gasteiger partial charge on any atom is 0.339 e. The Morgan fingerprint density at radius 1 is 0.938 bits per heavy atom. The van der Waals surface area contributed by atoms with Crippen LogP contribution in [0.2, 0.25) is 0 Å². The zero-order chi connectivity index (χ0) is 22.9. The molecule has 0 aromatic carbocycles. The van der Waals surface area contributed by atoms with Crippen LogP contribution in [0.5, 0.6) is 0 Å². The van der Waals surface area contributed by atoms with E-state index in [1.807, 2.05) is 26.8 Å². The Labute approximate surface area is 188 Å². The Morgan fingerprint density at radius 2 is 1.69 bits per heavy atom. The zero-order valence-electron chi connectivity index (χ0n) is 19.5. The number of carbonyl (C=O) groups is 3. The molecule has 1 spiro atoms. The minimum absolute atomic E-state index is 0.0139. The number of carbonyl (C=O) groups excluding carboxylic acids is 3. The van der Waals surface area contributed by atoms with Gasteiger partial charge in [-0.25, -0.2) is 4.79 Å². The monoisotopic (exact) mass is 440 g/mol. The minimum atomic E-state index is -0.878. The molecule has 0 N–H and O–H groups in total. The second-order valence-corrected chi connectivity index (χ2v) is 12.1. The summed E-state index contributed by atoms with van der Waals surface area (Å²) in [5, 5.41) is 0. The summed E-state index contributed by atoms with van der Waals surface area (Å²) < 4.78 is 17.6. The first-order valence-electron chi connectivity index (χ1n) is 11.9. The van der Waals surface area contributed by atoms with Gasteiger partial charge in [-0.15, -0.1) is 0 Å². The molecular weight excluding hydrogens is 408 g/mol. The number of hydrogen-bond acceptors (Lipinski definition) is 6. The van der Waals surface area contributed by atoms with Gasteiger partial charge in [-0.2, -0.15) is 0 Å². The normalized spacial score (nSPS) is 51.1. The Hall–Kier alpha value is -1.95. The molecule has 1 aromatic rings. The second-order valence-electron chi connectivity index (χ2n) is 12.1. The number of cyclic esters (lactones) is 1. The molecule has 5 fully saturated rings. The van der Waals surface area contributed by atoms with Gasteiger partial charge in [0, 0.05) is 29.2 Å². The largest absolute Gasteiger partial charge is 0.472 e. The van der Waals surface area contributed by atoms with Crippen molar-refractivity contribution in [2.75, 3.05) is 0 Å². The fraction of sp³-hybridized carbons (Fsp3) is 0.731. The van der Waals surface area contributed by atoms with Crippen molar-refractivity contribution in [3.63, 3.8) is 0 Å². The molecule has 6 heteroatoms. The van der Waals surface area contributed by atoms with Crippen LogP contribution in [0.25, 0.3) is 0 Å². The number of ether oxygens (including phenoxy) is 2. The zero-order valence-corrected chi connectivity index (χ0v) is 19.5. The lowest BCUT2D eigenvalue weighted by atomic mass is 9.35.